The van der Waals surface area contributed by atoms with Gasteiger partial charge in [-0.25, -0.2) is 0 Å². The molecule has 2 aromatic carbocycles. The molecule has 29 heavy (non-hydrogen) atoms. The smallest absolute Gasteiger partial charge is 0.230 e. The topological polar surface area (TPSA) is 111 Å². The molecule has 0 bridgehead atoms. The minimum atomic E-state index is -0.188. The van der Waals surface area contributed by atoms with E-state index in [9.17, 15) is 9.90 Å². The molecule has 9 nitrogen and oxygen atoms in total. The Kier molecular flexibility index (Phi) is 5.52. The van der Waals surface area contributed by atoms with Crippen molar-refractivity contribution in [2.45, 2.75) is 18.1 Å². The minimum Gasteiger partial charge on any atom is -0.508 e. The van der Waals surface area contributed by atoms with Crippen LogP contribution in [0.2, 0.25) is 0 Å². The Balaban J connectivity index is 1.36. The lowest BCUT2D eigenvalue weighted by molar-refractivity contribution is -0.119. The molecular weight excluding hydrogens is 394 g/mol. The summed E-state index contributed by atoms with van der Waals surface area (Å²) in [5, 5.41) is 24.4. The predicted molar refractivity (Wildman–Crippen MR) is 106 cm³/mol. The van der Waals surface area contributed by atoms with Gasteiger partial charge in [0.1, 0.15) is 19.0 Å². The van der Waals surface area contributed by atoms with E-state index in [1.165, 1.54) is 16.4 Å². The van der Waals surface area contributed by atoms with Crippen molar-refractivity contribution in [1.82, 2.24) is 25.5 Å². The molecule has 10 heteroatoms. The first kappa shape index (κ1) is 19.1. The number of aromatic nitrogens is 4. The number of fused-ring (bicyclic) bond motifs is 1. The summed E-state index contributed by atoms with van der Waals surface area (Å²) in [5.41, 5.74) is 1.63. The molecule has 2 N–H and O–H groups in total. The lowest BCUT2D eigenvalue weighted by atomic mass is 10.1. The number of ether oxygens (including phenoxy) is 2. The molecule has 1 aliphatic heterocycles. The molecule has 1 amide bonds. The number of aromatic hydroxyl groups is 1. The van der Waals surface area contributed by atoms with Crippen LogP contribution in [0.15, 0.2) is 47.6 Å². The average Bonchev–Trinajstić information content (AvgIpc) is 3.21. The van der Waals surface area contributed by atoms with E-state index in [2.05, 4.69) is 20.8 Å². The SMILES string of the molecule is C[C@@H](NC(=O)CSc1nnnn1-c1ccc(O)cc1)c1ccc2c(c1)OCCO2. The van der Waals surface area contributed by atoms with Gasteiger partial charge in [0, 0.05) is 0 Å². The van der Waals surface area contributed by atoms with Gasteiger partial charge in [0.05, 0.1) is 17.5 Å². The first-order valence-electron chi connectivity index (χ1n) is 8.99. The Bertz CT molecular complexity index is 1010. The number of nitrogens with one attached hydrogen (secondary N) is 1. The number of thioether (sulfide) groups is 1. The molecule has 0 spiro atoms. The van der Waals surface area contributed by atoms with Gasteiger partial charge in [-0.05, 0) is 59.3 Å². The average molecular weight is 413 g/mol. The second-order valence-electron chi connectivity index (χ2n) is 6.37. The number of amides is 1. The summed E-state index contributed by atoms with van der Waals surface area (Å²) in [4.78, 5) is 12.4. The molecule has 0 fully saturated rings. The van der Waals surface area contributed by atoms with Crippen LogP contribution in [0, 0.1) is 0 Å². The number of benzene rings is 2. The van der Waals surface area contributed by atoms with Crippen LogP contribution < -0.4 is 14.8 Å². The standard InChI is InChI=1S/C19H19N5O4S/c1-12(13-2-7-16-17(10-13)28-9-8-27-16)20-18(26)11-29-19-21-22-23-24(19)14-3-5-15(25)6-4-14/h2-7,10,12,25H,8-9,11H2,1H3,(H,20,26)/t12-/m1/s1. The summed E-state index contributed by atoms with van der Waals surface area (Å²) >= 11 is 1.23. The van der Waals surface area contributed by atoms with Crippen LogP contribution in [0.3, 0.4) is 0 Å². The number of rotatable bonds is 6. The lowest BCUT2D eigenvalue weighted by Crippen LogP contribution is -2.28. The molecular formula is C19H19N5O4S. The van der Waals surface area contributed by atoms with Gasteiger partial charge in [-0.1, -0.05) is 17.8 Å². The zero-order valence-electron chi connectivity index (χ0n) is 15.6. The van der Waals surface area contributed by atoms with Crippen molar-refractivity contribution in [3.63, 3.8) is 0 Å². The van der Waals surface area contributed by atoms with E-state index in [0.29, 0.717) is 29.8 Å². The Morgan fingerprint density at radius 1 is 1.21 bits per heavy atom. The van der Waals surface area contributed by atoms with Crippen LogP contribution in [0.1, 0.15) is 18.5 Å². The monoisotopic (exact) mass is 413 g/mol. The largest absolute Gasteiger partial charge is 0.508 e. The van der Waals surface area contributed by atoms with Crippen molar-refractivity contribution < 1.29 is 19.4 Å². The van der Waals surface area contributed by atoms with Crippen LogP contribution in [0.4, 0.5) is 0 Å². The minimum absolute atomic E-state index is 0.141. The fraction of sp³-hybridized carbons (Fsp3) is 0.263. The highest BCUT2D eigenvalue weighted by Gasteiger charge is 2.17. The zero-order valence-corrected chi connectivity index (χ0v) is 16.4. The molecule has 3 aromatic rings. The first-order valence-corrected chi connectivity index (χ1v) is 9.98. The highest BCUT2D eigenvalue weighted by molar-refractivity contribution is 7.99. The molecule has 1 atom stereocenters. The maximum Gasteiger partial charge on any atom is 0.230 e. The number of hydrogen-bond acceptors (Lipinski definition) is 8. The molecule has 4 rings (SSSR count). The van der Waals surface area contributed by atoms with E-state index in [-0.39, 0.29) is 23.5 Å². The van der Waals surface area contributed by atoms with E-state index < -0.39 is 0 Å². The molecule has 1 aliphatic rings. The Morgan fingerprint density at radius 3 is 2.76 bits per heavy atom. The number of nitrogens with zero attached hydrogens (tertiary/aromatic N) is 4. The third kappa shape index (κ3) is 4.43. The third-order valence-corrected chi connectivity index (χ3v) is 5.23. The van der Waals surface area contributed by atoms with Gasteiger partial charge >= 0.3 is 0 Å². The van der Waals surface area contributed by atoms with Crippen LogP contribution in [-0.4, -0.2) is 50.2 Å². The third-order valence-electron chi connectivity index (χ3n) is 4.31. The van der Waals surface area contributed by atoms with Gasteiger partial charge in [-0.15, -0.1) is 5.10 Å². The molecule has 150 valence electrons. The van der Waals surface area contributed by atoms with Gasteiger partial charge in [0.2, 0.25) is 11.1 Å². The molecule has 0 saturated heterocycles. The Hall–Kier alpha value is -3.27. The van der Waals surface area contributed by atoms with Crippen LogP contribution >= 0.6 is 11.8 Å². The molecule has 2 heterocycles. The maximum absolute atomic E-state index is 12.4. The number of carbonyl (C=O) groups excluding carboxylic acids is 1. The highest BCUT2D eigenvalue weighted by atomic mass is 32.2. The number of phenols is 1. The summed E-state index contributed by atoms with van der Waals surface area (Å²) in [6, 6.07) is 12.0. The summed E-state index contributed by atoms with van der Waals surface area (Å²) < 4.78 is 12.6. The molecule has 0 unspecified atom stereocenters. The fourth-order valence-corrected chi connectivity index (χ4v) is 3.55. The lowest BCUT2D eigenvalue weighted by Gasteiger charge is -2.21. The summed E-state index contributed by atoms with van der Waals surface area (Å²) in [6.45, 7) is 2.97. The van der Waals surface area contributed by atoms with E-state index in [1.807, 2.05) is 25.1 Å². The van der Waals surface area contributed by atoms with Crippen molar-refractivity contribution in [3.8, 4) is 22.9 Å². The van der Waals surface area contributed by atoms with Crippen molar-refractivity contribution in [2.75, 3.05) is 19.0 Å². The second kappa shape index (κ2) is 8.39. The van der Waals surface area contributed by atoms with Gasteiger partial charge in [-0.2, -0.15) is 4.68 Å². The maximum atomic E-state index is 12.4. The van der Waals surface area contributed by atoms with Gasteiger partial charge < -0.3 is 19.9 Å². The number of hydrogen-bond donors (Lipinski definition) is 2. The summed E-state index contributed by atoms with van der Waals surface area (Å²) in [5.74, 6) is 1.58. The number of tetrazole rings is 1. The van der Waals surface area contributed by atoms with Crippen LogP contribution in [0.25, 0.3) is 5.69 Å². The van der Waals surface area contributed by atoms with E-state index in [1.54, 1.807) is 24.3 Å². The van der Waals surface area contributed by atoms with E-state index >= 15 is 0 Å². The first-order chi connectivity index (χ1) is 14.1. The van der Waals surface area contributed by atoms with Crippen molar-refractivity contribution in [2.24, 2.45) is 0 Å². The fourth-order valence-electron chi connectivity index (χ4n) is 2.85. The van der Waals surface area contributed by atoms with E-state index in [4.69, 9.17) is 9.47 Å². The normalized spacial score (nSPS) is 13.7. The zero-order chi connectivity index (χ0) is 20.2. The Morgan fingerprint density at radius 2 is 1.97 bits per heavy atom. The summed E-state index contributed by atoms with van der Waals surface area (Å²) in [7, 11) is 0. The highest BCUT2D eigenvalue weighted by Crippen LogP contribution is 2.32. The van der Waals surface area contributed by atoms with Crippen molar-refractivity contribution in [3.05, 3.63) is 48.0 Å². The summed E-state index contributed by atoms with van der Waals surface area (Å²) in [6.07, 6.45) is 0. The van der Waals surface area contributed by atoms with Gasteiger partial charge in [0.25, 0.3) is 0 Å². The molecule has 0 aliphatic carbocycles. The van der Waals surface area contributed by atoms with Crippen molar-refractivity contribution in [1.29, 1.82) is 0 Å². The second-order valence-corrected chi connectivity index (χ2v) is 7.31. The van der Waals surface area contributed by atoms with Gasteiger partial charge in [0.15, 0.2) is 11.5 Å². The number of carbonyl (C=O) groups is 1. The molecule has 1 aromatic heterocycles. The number of phenolic OH excluding ortho intramolecular Hbond substituents is 1. The van der Waals surface area contributed by atoms with Crippen LogP contribution in [0.5, 0.6) is 17.2 Å². The molecule has 0 saturated carbocycles. The van der Waals surface area contributed by atoms with E-state index in [0.717, 1.165) is 11.3 Å². The van der Waals surface area contributed by atoms with Crippen molar-refractivity contribution >= 4 is 17.7 Å². The van der Waals surface area contributed by atoms with Gasteiger partial charge in [-0.3, -0.25) is 4.79 Å². The predicted octanol–water partition coefficient (Wildman–Crippen LogP) is 2.11. The molecule has 0 radical (unpaired) electrons. The Labute approximate surface area is 171 Å². The van der Waals surface area contributed by atoms with Crippen LogP contribution in [-0.2, 0) is 4.79 Å². The quantitative estimate of drug-likeness (QED) is 0.591.